The van der Waals surface area contributed by atoms with Crippen LogP contribution in [0.3, 0.4) is 0 Å². The predicted molar refractivity (Wildman–Crippen MR) is 101 cm³/mol. The zero-order valence-electron chi connectivity index (χ0n) is 13.7. The van der Waals surface area contributed by atoms with Crippen LogP contribution in [0.2, 0.25) is 0 Å². The number of benzene rings is 2. The Balaban J connectivity index is 1.80. The highest BCUT2D eigenvalue weighted by molar-refractivity contribution is 7.71. The van der Waals surface area contributed by atoms with Crippen LogP contribution in [0.15, 0.2) is 85.1 Å². The number of hydrogen-bond donors (Lipinski definition) is 0. The average Bonchev–Trinajstić information content (AvgIpc) is 2.65. The Hall–Kier alpha value is -2.72. The lowest BCUT2D eigenvalue weighted by atomic mass is 9.93. The lowest BCUT2D eigenvalue weighted by molar-refractivity contribution is -0.149. The van der Waals surface area contributed by atoms with Crippen molar-refractivity contribution in [2.24, 2.45) is 5.92 Å². The molecule has 126 valence electrons. The molecule has 0 unspecified atom stereocenters. The van der Waals surface area contributed by atoms with Crippen LogP contribution in [-0.2, 0) is 17.6 Å². The van der Waals surface area contributed by atoms with E-state index in [1.165, 1.54) is 4.73 Å². The first-order chi connectivity index (χ1) is 12.2. The largest absolute Gasteiger partial charge is 0.336 e. The number of rotatable bonds is 6. The van der Waals surface area contributed by atoms with E-state index < -0.39 is 0 Å². The SMILES string of the molecule is O=C(On1ccccc1=S)C(Cc1ccccc1)Cc1ccccc1. The Morgan fingerprint density at radius 2 is 1.36 bits per heavy atom. The van der Waals surface area contributed by atoms with Crippen molar-refractivity contribution in [1.29, 1.82) is 0 Å². The molecule has 0 atom stereocenters. The molecule has 3 aromatic rings. The minimum Gasteiger partial charge on any atom is -0.335 e. The molecule has 0 aliphatic carbocycles. The summed E-state index contributed by atoms with van der Waals surface area (Å²) < 4.78 is 1.81. The first-order valence-electron chi connectivity index (χ1n) is 8.20. The molecule has 1 aromatic heterocycles. The Labute approximate surface area is 152 Å². The number of nitrogens with zero attached hydrogens (tertiary/aromatic N) is 1. The summed E-state index contributed by atoms with van der Waals surface area (Å²) in [6, 6.07) is 25.3. The van der Waals surface area contributed by atoms with Crippen molar-refractivity contribution in [1.82, 2.24) is 4.73 Å². The Kier molecular flexibility index (Phi) is 5.75. The summed E-state index contributed by atoms with van der Waals surface area (Å²) in [5, 5.41) is 0. The van der Waals surface area contributed by atoms with Crippen molar-refractivity contribution >= 4 is 18.2 Å². The average molecular weight is 349 g/mol. The van der Waals surface area contributed by atoms with Crippen molar-refractivity contribution in [3.8, 4) is 0 Å². The van der Waals surface area contributed by atoms with Crippen LogP contribution in [0.1, 0.15) is 11.1 Å². The van der Waals surface area contributed by atoms with Gasteiger partial charge in [-0.2, -0.15) is 4.73 Å². The Morgan fingerprint density at radius 3 is 1.88 bits per heavy atom. The summed E-state index contributed by atoms with van der Waals surface area (Å²) in [6.07, 6.45) is 2.89. The van der Waals surface area contributed by atoms with Gasteiger partial charge in [0.05, 0.1) is 5.92 Å². The quantitative estimate of drug-likeness (QED) is 0.623. The van der Waals surface area contributed by atoms with Crippen molar-refractivity contribution in [3.05, 3.63) is 101 Å². The third kappa shape index (κ3) is 4.88. The maximum absolute atomic E-state index is 12.8. The minimum atomic E-state index is -0.285. The van der Waals surface area contributed by atoms with E-state index in [9.17, 15) is 4.79 Å². The summed E-state index contributed by atoms with van der Waals surface area (Å²) in [7, 11) is 0. The highest BCUT2D eigenvalue weighted by Gasteiger charge is 2.22. The fraction of sp³-hybridized carbons (Fsp3) is 0.143. The maximum atomic E-state index is 12.8. The van der Waals surface area contributed by atoms with E-state index in [-0.39, 0.29) is 11.9 Å². The standard InChI is InChI=1S/C21H19NO2S/c23-21(24-22-14-8-7-13-20(22)25)19(15-17-9-3-1-4-10-17)16-18-11-5-2-6-12-18/h1-14,19H,15-16H2. The summed E-state index contributed by atoms with van der Waals surface area (Å²) in [5.74, 6) is -0.568. The molecule has 1 heterocycles. The molecule has 2 aromatic carbocycles. The highest BCUT2D eigenvalue weighted by Crippen LogP contribution is 2.16. The summed E-state index contributed by atoms with van der Waals surface area (Å²) in [6.45, 7) is 0. The van der Waals surface area contributed by atoms with Crippen molar-refractivity contribution in [3.63, 3.8) is 0 Å². The first-order valence-corrected chi connectivity index (χ1v) is 8.61. The number of carbonyl (C=O) groups excluding carboxylic acids is 1. The van der Waals surface area contributed by atoms with Gasteiger partial charge in [-0.15, -0.1) is 0 Å². The highest BCUT2D eigenvalue weighted by atomic mass is 32.1. The Bertz CT molecular complexity index is 833. The van der Waals surface area contributed by atoms with Crippen LogP contribution in [0.25, 0.3) is 0 Å². The van der Waals surface area contributed by atoms with Gasteiger partial charge in [-0.1, -0.05) is 78.9 Å². The molecule has 0 N–H and O–H groups in total. The van der Waals surface area contributed by atoms with Gasteiger partial charge in [0.2, 0.25) is 0 Å². The topological polar surface area (TPSA) is 31.2 Å². The van der Waals surface area contributed by atoms with Gasteiger partial charge in [-0.3, -0.25) is 0 Å². The van der Waals surface area contributed by atoms with E-state index in [2.05, 4.69) is 0 Å². The van der Waals surface area contributed by atoms with E-state index >= 15 is 0 Å². The second-order valence-electron chi connectivity index (χ2n) is 5.85. The summed E-state index contributed by atoms with van der Waals surface area (Å²) in [5.41, 5.74) is 2.22. The van der Waals surface area contributed by atoms with Crippen LogP contribution < -0.4 is 4.84 Å². The zero-order valence-corrected chi connectivity index (χ0v) is 14.6. The molecule has 0 amide bonds. The van der Waals surface area contributed by atoms with Gasteiger partial charge in [0, 0.05) is 6.20 Å². The van der Waals surface area contributed by atoms with Crippen molar-refractivity contribution in [2.75, 3.05) is 0 Å². The minimum absolute atomic E-state index is 0.282. The van der Waals surface area contributed by atoms with Gasteiger partial charge in [-0.05, 0) is 36.1 Å². The third-order valence-electron chi connectivity index (χ3n) is 3.96. The molecule has 3 nitrogen and oxygen atoms in total. The van der Waals surface area contributed by atoms with Gasteiger partial charge in [0.1, 0.15) is 4.64 Å². The number of aromatic nitrogens is 1. The summed E-state index contributed by atoms with van der Waals surface area (Å²) in [4.78, 5) is 18.3. The van der Waals surface area contributed by atoms with Crippen LogP contribution in [0.5, 0.6) is 0 Å². The molecule has 3 rings (SSSR count). The monoisotopic (exact) mass is 349 g/mol. The predicted octanol–water partition coefficient (Wildman–Crippen LogP) is 4.27. The first kappa shape index (κ1) is 17.1. The molecule has 0 fully saturated rings. The van der Waals surface area contributed by atoms with E-state index in [4.69, 9.17) is 17.1 Å². The molecule has 25 heavy (non-hydrogen) atoms. The fourth-order valence-corrected chi connectivity index (χ4v) is 2.87. The molecule has 0 aliphatic rings. The van der Waals surface area contributed by atoms with Crippen LogP contribution in [0.4, 0.5) is 0 Å². The zero-order chi connectivity index (χ0) is 17.5. The molecule has 0 saturated heterocycles. The van der Waals surface area contributed by atoms with Gasteiger partial charge in [0.25, 0.3) is 0 Å². The van der Waals surface area contributed by atoms with Crippen LogP contribution in [-0.4, -0.2) is 10.7 Å². The molecule has 0 bridgehead atoms. The van der Waals surface area contributed by atoms with E-state index in [0.717, 1.165) is 11.1 Å². The molecule has 0 spiro atoms. The molecular formula is C21H19NO2S. The van der Waals surface area contributed by atoms with E-state index in [1.807, 2.05) is 66.7 Å². The second-order valence-corrected chi connectivity index (χ2v) is 6.27. The van der Waals surface area contributed by atoms with E-state index in [1.54, 1.807) is 18.3 Å². The third-order valence-corrected chi connectivity index (χ3v) is 4.28. The molecule has 0 aliphatic heterocycles. The second kappa shape index (κ2) is 8.40. The molecule has 4 heteroatoms. The van der Waals surface area contributed by atoms with Crippen LogP contribution >= 0.6 is 12.2 Å². The normalized spacial score (nSPS) is 10.6. The smallest absolute Gasteiger partial charge is 0.335 e. The lowest BCUT2D eigenvalue weighted by Gasteiger charge is -2.17. The number of hydrogen-bond acceptors (Lipinski definition) is 3. The van der Waals surface area contributed by atoms with Crippen molar-refractivity contribution in [2.45, 2.75) is 12.8 Å². The molecule has 0 radical (unpaired) electrons. The lowest BCUT2D eigenvalue weighted by Crippen LogP contribution is -2.30. The number of pyridine rings is 1. The van der Waals surface area contributed by atoms with Crippen LogP contribution in [0, 0.1) is 10.6 Å². The van der Waals surface area contributed by atoms with Gasteiger partial charge in [-0.25, -0.2) is 4.79 Å². The molecular weight excluding hydrogens is 330 g/mol. The summed E-state index contributed by atoms with van der Waals surface area (Å²) >= 11 is 5.20. The van der Waals surface area contributed by atoms with E-state index in [0.29, 0.717) is 17.5 Å². The van der Waals surface area contributed by atoms with Gasteiger partial charge in [0.15, 0.2) is 0 Å². The van der Waals surface area contributed by atoms with Gasteiger partial charge < -0.3 is 4.84 Å². The maximum Gasteiger partial charge on any atom is 0.336 e. The molecule has 0 saturated carbocycles. The van der Waals surface area contributed by atoms with Crippen molar-refractivity contribution < 1.29 is 9.63 Å². The number of carbonyl (C=O) groups is 1. The Morgan fingerprint density at radius 1 is 0.840 bits per heavy atom. The van der Waals surface area contributed by atoms with Gasteiger partial charge >= 0.3 is 5.97 Å². The fourth-order valence-electron chi connectivity index (χ4n) is 2.70.